The molecular weight excluding hydrogens is 547 g/mol. The van der Waals surface area contributed by atoms with E-state index >= 15 is 0 Å². The fraction of sp³-hybridized carbons (Fsp3) is 0.154. The number of halogens is 4. The van der Waals surface area contributed by atoms with Crippen molar-refractivity contribution in [1.82, 2.24) is 29.9 Å². The van der Waals surface area contributed by atoms with Gasteiger partial charge in [-0.25, -0.2) is 14.1 Å². The van der Waals surface area contributed by atoms with Crippen molar-refractivity contribution in [3.05, 3.63) is 93.9 Å². The summed E-state index contributed by atoms with van der Waals surface area (Å²) in [6.45, 7) is 0. The van der Waals surface area contributed by atoms with Gasteiger partial charge >= 0.3 is 0 Å². The number of hydrogen-bond donors (Lipinski definition) is 2. The summed E-state index contributed by atoms with van der Waals surface area (Å²) in [6, 6.07) is 8.10. The molecule has 1 unspecified atom stereocenters. The maximum Gasteiger partial charge on any atom is 0.249 e. The molecule has 0 bridgehead atoms. The number of pyridine rings is 3. The summed E-state index contributed by atoms with van der Waals surface area (Å²) in [4.78, 5) is 12.0. The number of benzene rings is 1. The Kier molecular flexibility index (Phi) is 6.42. The number of anilines is 3. The highest BCUT2D eigenvalue weighted by Gasteiger charge is 2.27. The summed E-state index contributed by atoms with van der Waals surface area (Å²) in [6.07, 6.45) is 9.69. The van der Waals surface area contributed by atoms with Gasteiger partial charge in [0.15, 0.2) is 5.82 Å². The Morgan fingerprint density at radius 1 is 1.03 bits per heavy atom. The van der Waals surface area contributed by atoms with Crippen LogP contribution < -0.4 is 10.6 Å². The van der Waals surface area contributed by atoms with Crippen LogP contribution in [-0.2, 0) is 0 Å². The van der Waals surface area contributed by atoms with Crippen molar-refractivity contribution in [2.45, 2.75) is 24.9 Å². The van der Waals surface area contributed by atoms with Crippen molar-refractivity contribution in [2.75, 3.05) is 10.6 Å². The van der Waals surface area contributed by atoms with Gasteiger partial charge in [-0.3, -0.25) is 9.97 Å². The van der Waals surface area contributed by atoms with Gasteiger partial charge < -0.3 is 10.6 Å². The second-order valence-electron chi connectivity index (χ2n) is 9.00. The molecule has 0 amide bonds. The molecule has 1 aromatic carbocycles. The lowest BCUT2D eigenvalue weighted by Gasteiger charge is -2.20. The fourth-order valence-electron chi connectivity index (χ4n) is 4.22. The zero-order valence-electron chi connectivity index (χ0n) is 19.9. The first-order valence-electron chi connectivity index (χ1n) is 11.8. The van der Waals surface area contributed by atoms with E-state index in [1.54, 1.807) is 24.4 Å². The number of aromatic nitrogens is 6. The van der Waals surface area contributed by atoms with E-state index in [1.807, 2.05) is 10.9 Å². The van der Waals surface area contributed by atoms with Gasteiger partial charge in [-0.05, 0) is 31.0 Å². The van der Waals surface area contributed by atoms with E-state index in [0.29, 0.717) is 44.1 Å². The fourth-order valence-corrected chi connectivity index (χ4v) is 4.67. The molecule has 13 heteroatoms. The minimum atomic E-state index is -1.23. The van der Waals surface area contributed by atoms with Crippen molar-refractivity contribution in [1.29, 1.82) is 5.26 Å². The highest BCUT2D eigenvalue weighted by atomic mass is 35.5. The first kappa shape index (κ1) is 24.9. The third-order valence-electron chi connectivity index (χ3n) is 6.23. The van der Waals surface area contributed by atoms with E-state index in [9.17, 15) is 14.0 Å². The molecule has 2 N–H and O–H groups in total. The van der Waals surface area contributed by atoms with E-state index < -0.39 is 17.8 Å². The Balaban J connectivity index is 1.44. The molecule has 39 heavy (non-hydrogen) atoms. The number of fused-ring (bicyclic) bond motifs is 1. The highest BCUT2D eigenvalue weighted by molar-refractivity contribution is 6.36. The number of rotatable bonds is 7. The minimum absolute atomic E-state index is 0.145. The Bertz CT molecular complexity index is 1760. The lowest BCUT2D eigenvalue weighted by molar-refractivity contribution is 0.480. The normalized spacial score (nSPS) is 13.7. The Morgan fingerprint density at radius 3 is 2.62 bits per heavy atom. The smallest absolute Gasteiger partial charge is 0.249 e. The molecule has 194 valence electrons. The van der Waals surface area contributed by atoms with Gasteiger partial charge in [-0.15, -0.1) is 5.10 Å². The van der Waals surface area contributed by atoms with Crippen molar-refractivity contribution < 1.29 is 8.78 Å². The minimum Gasteiger partial charge on any atom is -0.373 e. The SMILES string of the molecule is N#Cc1cnc2c(Cl)cc(NC(c3cncc(Cl)c3)c3cn(C4CC4)nn3)cc2c1Nc1cnc(F)c(F)c1. The molecule has 6 rings (SSSR count). The highest BCUT2D eigenvalue weighted by Crippen LogP contribution is 2.38. The maximum absolute atomic E-state index is 13.8. The molecule has 4 aromatic heterocycles. The molecular formula is C26H17Cl2F2N9. The van der Waals surface area contributed by atoms with Crippen LogP contribution in [0.1, 0.15) is 41.7 Å². The predicted octanol–water partition coefficient (Wildman–Crippen LogP) is 6.35. The molecule has 4 heterocycles. The molecule has 1 fully saturated rings. The van der Waals surface area contributed by atoms with Gasteiger partial charge in [-0.2, -0.15) is 9.65 Å². The summed E-state index contributed by atoms with van der Waals surface area (Å²) >= 11 is 12.9. The van der Waals surface area contributed by atoms with Gasteiger partial charge in [0.1, 0.15) is 11.8 Å². The first-order valence-corrected chi connectivity index (χ1v) is 12.5. The van der Waals surface area contributed by atoms with Gasteiger partial charge in [0.05, 0.1) is 57.0 Å². The van der Waals surface area contributed by atoms with E-state index in [4.69, 9.17) is 23.2 Å². The molecule has 0 radical (unpaired) electrons. The van der Waals surface area contributed by atoms with E-state index in [-0.39, 0.29) is 11.3 Å². The molecule has 0 spiro atoms. The van der Waals surface area contributed by atoms with Gasteiger partial charge in [0.25, 0.3) is 0 Å². The monoisotopic (exact) mass is 563 g/mol. The van der Waals surface area contributed by atoms with Crippen molar-refractivity contribution in [3.8, 4) is 6.07 Å². The number of nitriles is 1. The molecule has 0 aliphatic heterocycles. The third-order valence-corrected chi connectivity index (χ3v) is 6.72. The van der Waals surface area contributed by atoms with E-state index in [0.717, 1.165) is 30.7 Å². The van der Waals surface area contributed by atoms with Gasteiger partial charge in [0, 0.05) is 41.3 Å². The van der Waals surface area contributed by atoms with Crippen molar-refractivity contribution in [3.63, 3.8) is 0 Å². The number of nitrogens with zero attached hydrogens (tertiary/aromatic N) is 7. The summed E-state index contributed by atoms with van der Waals surface area (Å²) in [5.41, 5.74) is 2.99. The molecule has 5 aromatic rings. The molecule has 1 saturated carbocycles. The Morgan fingerprint density at radius 2 is 1.87 bits per heavy atom. The standard InChI is InChI=1S/C26H17Cl2F2N9/c27-15-3-13(8-32-10-15)24(22-12-39(38-37-22)18-1-2-18)35-16-4-19-23(36-17-6-21(29)26(30)34-11-17)14(7-31)9-33-25(19)20(28)5-16/h3-6,8-12,18,24,35H,1-2H2,(H,33,36). The zero-order valence-corrected chi connectivity index (χ0v) is 21.4. The summed E-state index contributed by atoms with van der Waals surface area (Å²) in [7, 11) is 0. The average molecular weight is 564 g/mol. The van der Waals surface area contributed by atoms with Crippen LogP contribution in [0.4, 0.5) is 25.8 Å². The second kappa shape index (κ2) is 10.1. The van der Waals surface area contributed by atoms with Crippen LogP contribution in [0.25, 0.3) is 10.9 Å². The summed E-state index contributed by atoms with van der Waals surface area (Å²) in [5, 5.41) is 26.0. The molecule has 1 atom stereocenters. The van der Waals surface area contributed by atoms with Crippen LogP contribution >= 0.6 is 23.2 Å². The van der Waals surface area contributed by atoms with Gasteiger partial charge in [-0.1, -0.05) is 28.4 Å². The van der Waals surface area contributed by atoms with Crippen LogP contribution in [-0.4, -0.2) is 29.9 Å². The maximum atomic E-state index is 13.8. The van der Waals surface area contributed by atoms with Crippen molar-refractivity contribution in [2.24, 2.45) is 0 Å². The second-order valence-corrected chi connectivity index (χ2v) is 9.85. The van der Waals surface area contributed by atoms with Crippen LogP contribution in [0.15, 0.2) is 55.2 Å². The van der Waals surface area contributed by atoms with Gasteiger partial charge in [0.2, 0.25) is 5.95 Å². The molecule has 1 aliphatic carbocycles. The average Bonchev–Trinajstić information content (AvgIpc) is 3.66. The summed E-state index contributed by atoms with van der Waals surface area (Å²) in [5.74, 6) is -2.36. The van der Waals surface area contributed by atoms with Crippen LogP contribution in [0.5, 0.6) is 0 Å². The van der Waals surface area contributed by atoms with E-state index in [1.165, 1.54) is 12.4 Å². The lowest BCUT2D eigenvalue weighted by Crippen LogP contribution is -2.13. The van der Waals surface area contributed by atoms with Crippen LogP contribution in [0, 0.1) is 23.1 Å². The largest absolute Gasteiger partial charge is 0.373 e. The molecule has 9 nitrogen and oxygen atoms in total. The molecule has 1 aliphatic rings. The first-order chi connectivity index (χ1) is 18.9. The van der Waals surface area contributed by atoms with Crippen LogP contribution in [0.2, 0.25) is 10.0 Å². The van der Waals surface area contributed by atoms with Crippen LogP contribution in [0.3, 0.4) is 0 Å². The predicted molar refractivity (Wildman–Crippen MR) is 142 cm³/mol. The zero-order chi connectivity index (χ0) is 27.1. The third kappa shape index (κ3) is 5.04. The number of nitrogens with one attached hydrogen (secondary N) is 2. The number of hydrogen-bond acceptors (Lipinski definition) is 8. The van der Waals surface area contributed by atoms with Crippen molar-refractivity contribution >= 4 is 51.2 Å². The molecule has 0 saturated heterocycles. The Hall–Kier alpha value is -4.40. The van der Waals surface area contributed by atoms with E-state index in [2.05, 4.69) is 42.0 Å². The Labute approximate surface area is 230 Å². The summed E-state index contributed by atoms with van der Waals surface area (Å²) < 4.78 is 29.1. The quantitative estimate of drug-likeness (QED) is 0.220. The lowest BCUT2D eigenvalue weighted by atomic mass is 10.0. The topological polar surface area (TPSA) is 117 Å².